The molecule has 0 saturated heterocycles. The molecule has 0 bridgehead atoms. The molecule has 0 saturated carbocycles. The molecule has 0 spiro atoms. The summed E-state index contributed by atoms with van der Waals surface area (Å²) in [5.74, 6) is 0. The van der Waals surface area contributed by atoms with E-state index in [1.807, 2.05) is 6.21 Å². The first-order valence-corrected chi connectivity index (χ1v) is 7.55. The van der Waals surface area contributed by atoms with Crippen LogP contribution in [0.1, 0.15) is 38.8 Å². The number of aliphatic imine (C=N–C) groups is 1. The van der Waals surface area contributed by atoms with Gasteiger partial charge in [-0.2, -0.15) is 0 Å². The SMILES string of the molecule is CCN(CC)C(O)Cc1cccc2c1N=CC(C)(C)C2. The fourth-order valence-corrected chi connectivity index (χ4v) is 2.86. The Balaban J connectivity index is 2.23. The number of fused-ring (bicyclic) bond motifs is 1. The topological polar surface area (TPSA) is 35.8 Å². The van der Waals surface area contributed by atoms with Gasteiger partial charge in [0, 0.05) is 18.1 Å². The lowest BCUT2D eigenvalue weighted by molar-refractivity contribution is 0.0116. The maximum atomic E-state index is 10.3. The fourth-order valence-electron chi connectivity index (χ4n) is 2.86. The third-order valence-corrected chi connectivity index (χ3v) is 4.03. The third-order valence-electron chi connectivity index (χ3n) is 4.03. The number of hydrogen-bond donors (Lipinski definition) is 1. The van der Waals surface area contributed by atoms with Gasteiger partial charge in [-0.25, -0.2) is 0 Å². The molecule has 1 aromatic carbocycles. The number of para-hydroxylation sites is 1. The summed E-state index contributed by atoms with van der Waals surface area (Å²) >= 11 is 0. The number of aliphatic hydroxyl groups is 1. The Morgan fingerprint density at radius 2 is 2.00 bits per heavy atom. The van der Waals surface area contributed by atoms with Crippen LogP contribution in [0.3, 0.4) is 0 Å². The molecule has 1 aliphatic heterocycles. The molecule has 1 atom stereocenters. The van der Waals surface area contributed by atoms with Gasteiger partial charge >= 0.3 is 0 Å². The maximum absolute atomic E-state index is 10.3. The van der Waals surface area contributed by atoms with Crippen molar-refractivity contribution in [3.05, 3.63) is 29.3 Å². The number of hydrogen-bond acceptors (Lipinski definition) is 3. The number of nitrogens with zero attached hydrogens (tertiary/aromatic N) is 2. The molecule has 0 fully saturated rings. The van der Waals surface area contributed by atoms with Gasteiger partial charge in [0.25, 0.3) is 0 Å². The average Bonchev–Trinajstić information content (AvgIpc) is 2.39. The van der Waals surface area contributed by atoms with E-state index in [0.717, 1.165) is 30.8 Å². The van der Waals surface area contributed by atoms with Crippen molar-refractivity contribution in [1.29, 1.82) is 0 Å². The zero-order chi connectivity index (χ0) is 14.8. The number of likely N-dealkylation sites (N-methyl/N-ethyl adjacent to an activating group) is 1. The molecule has 1 aliphatic rings. The second-order valence-corrected chi connectivity index (χ2v) is 6.25. The van der Waals surface area contributed by atoms with Crippen LogP contribution in [0.2, 0.25) is 0 Å². The van der Waals surface area contributed by atoms with Gasteiger partial charge in [0.05, 0.1) is 5.69 Å². The highest BCUT2D eigenvalue weighted by atomic mass is 16.3. The lowest BCUT2D eigenvalue weighted by Crippen LogP contribution is -2.36. The minimum atomic E-state index is -0.429. The van der Waals surface area contributed by atoms with E-state index < -0.39 is 6.23 Å². The first kappa shape index (κ1) is 15.2. The molecule has 3 heteroatoms. The Hall–Kier alpha value is -1.19. The van der Waals surface area contributed by atoms with Gasteiger partial charge in [0.1, 0.15) is 6.23 Å². The molecule has 110 valence electrons. The monoisotopic (exact) mass is 274 g/mol. The maximum Gasteiger partial charge on any atom is 0.111 e. The highest BCUT2D eigenvalue weighted by Gasteiger charge is 2.24. The van der Waals surface area contributed by atoms with Crippen LogP contribution in [-0.2, 0) is 12.8 Å². The van der Waals surface area contributed by atoms with Gasteiger partial charge in [-0.3, -0.25) is 9.89 Å². The summed E-state index contributed by atoms with van der Waals surface area (Å²) in [6.45, 7) is 10.3. The normalized spacial score (nSPS) is 18.1. The number of rotatable bonds is 5. The van der Waals surface area contributed by atoms with Crippen LogP contribution in [-0.4, -0.2) is 35.5 Å². The largest absolute Gasteiger partial charge is 0.378 e. The molecule has 1 heterocycles. The lowest BCUT2D eigenvalue weighted by atomic mass is 9.83. The summed E-state index contributed by atoms with van der Waals surface area (Å²) in [5, 5.41) is 10.3. The first-order valence-electron chi connectivity index (χ1n) is 7.55. The Kier molecular flexibility index (Phi) is 4.61. The van der Waals surface area contributed by atoms with Crippen molar-refractivity contribution in [2.45, 2.75) is 46.8 Å². The van der Waals surface area contributed by atoms with Gasteiger partial charge in [-0.15, -0.1) is 0 Å². The van der Waals surface area contributed by atoms with E-state index in [1.165, 1.54) is 5.56 Å². The van der Waals surface area contributed by atoms with Crippen LogP contribution in [0, 0.1) is 5.41 Å². The highest BCUT2D eigenvalue weighted by molar-refractivity contribution is 5.75. The fraction of sp³-hybridized carbons (Fsp3) is 0.588. The molecule has 1 N–H and O–H groups in total. The molecule has 0 radical (unpaired) electrons. The minimum Gasteiger partial charge on any atom is -0.378 e. The Morgan fingerprint density at radius 1 is 1.30 bits per heavy atom. The number of benzene rings is 1. The standard InChI is InChI=1S/C17H26N2O/c1-5-19(6-2)15(20)10-13-8-7-9-14-11-17(3,4)12-18-16(13)14/h7-9,12,15,20H,5-6,10-11H2,1-4H3. The van der Waals surface area contributed by atoms with Crippen molar-refractivity contribution >= 4 is 11.9 Å². The lowest BCUT2D eigenvalue weighted by Gasteiger charge is -2.28. The zero-order valence-electron chi connectivity index (χ0n) is 13.1. The van der Waals surface area contributed by atoms with Crippen LogP contribution < -0.4 is 0 Å². The second kappa shape index (κ2) is 6.06. The predicted octanol–water partition coefficient (Wildman–Crippen LogP) is 3.17. The molecule has 2 rings (SSSR count). The predicted molar refractivity (Wildman–Crippen MR) is 84.7 cm³/mol. The van der Waals surface area contributed by atoms with E-state index >= 15 is 0 Å². The van der Waals surface area contributed by atoms with Crippen molar-refractivity contribution in [3.8, 4) is 0 Å². The van der Waals surface area contributed by atoms with Crippen molar-refractivity contribution in [2.24, 2.45) is 10.4 Å². The van der Waals surface area contributed by atoms with E-state index in [0.29, 0.717) is 6.42 Å². The van der Waals surface area contributed by atoms with E-state index in [9.17, 15) is 5.11 Å². The molecular weight excluding hydrogens is 248 g/mol. The highest BCUT2D eigenvalue weighted by Crippen LogP contribution is 2.35. The smallest absolute Gasteiger partial charge is 0.111 e. The van der Waals surface area contributed by atoms with E-state index in [4.69, 9.17) is 0 Å². The molecular formula is C17H26N2O. The summed E-state index contributed by atoms with van der Waals surface area (Å²) in [7, 11) is 0. The summed E-state index contributed by atoms with van der Waals surface area (Å²) in [5.41, 5.74) is 3.64. The zero-order valence-corrected chi connectivity index (χ0v) is 13.1. The van der Waals surface area contributed by atoms with Crippen LogP contribution in [0.15, 0.2) is 23.2 Å². The van der Waals surface area contributed by atoms with Crippen molar-refractivity contribution in [2.75, 3.05) is 13.1 Å². The van der Waals surface area contributed by atoms with E-state index in [2.05, 4.69) is 55.8 Å². The molecule has 0 aromatic heterocycles. The molecule has 0 aliphatic carbocycles. The Morgan fingerprint density at radius 3 is 2.65 bits per heavy atom. The summed E-state index contributed by atoms with van der Waals surface area (Å²) in [6, 6.07) is 6.32. The molecule has 1 aromatic rings. The van der Waals surface area contributed by atoms with E-state index in [-0.39, 0.29) is 5.41 Å². The minimum absolute atomic E-state index is 0.128. The summed E-state index contributed by atoms with van der Waals surface area (Å²) in [4.78, 5) is 6.72. The van der Waals surface area contributed by atoms with E-state index in [1.54, 1.807) is 0 Å². The van der Waals surface area contributed by atoms with Crippen molar-refractivity contribution in [3.63, 3.8) is 0 Å². The van der Waals surface area contributed by atoms with Crippen LogP contribution in [0.4, 0.5) is 5.69 Å². The first-order chi connectivity index (χ1) is 9.46. The van der Waals surface area contributed by atoms with Gasteiger partial charge in [-0.1, -0.05) is 45.9 Å². The second-order valence-electron chi connectivity index (χ2n) is 6.25. The summed E-state index contributed by atoms with van der Waals surface area (Å²) < 4.78 is 0. The molecule has 1 unspecified atom stereocenters. The third kappa shape index (κ3) is 3.28. The van der Waals surface area contributed by atoms with Gasteiger partial charge in [-0.05, 0) is 30.6 Å². The quantitative estimate of drug-likeness (QED) is 0.837. The number of aliphatic hydroxyl groups excluding tert-OH is 1. The van der Waals surface area contributed by atoms with Gasteiger partial charge < -0.3 is 5.11 Å². The van der Waals surface area contributed by atoms with Gasteiger partial charge in [0.2, 0.25) is 0 Å². The Labute approximate surface area is 122 Å². The van der Waals surface area contributed by atoms with Crippen molar-refractivity contribution in [1.82, 2.24) is 4.90 Å². The van der Waals surface area contributed by atoms with Crippen LogP contribution in [0.25, 0.3) is 0 Å². The molecule has 3 nitrogen and oxygen atoms in total. The van der Waals surface area contributed by atoms with Crippen molar-refractivity contribution < 1.29 is 5.11 Å². The van der Waals surface area contributed by atoms with Gasteiger partial charge in [0.15, 0.2) is 0 Å². The Bertz CT molecular complexity index is 490. The molecule has 0 amide bonds. The van der Waals surface area contributed by atoms with Crippen LogP contribution in [0.5, 0.6) is 0 Å². The summed E-state index contributed by atoms with van der Waals surface area (Å²) in [6.07, 6.45) is 3.27. The average molecular weight is 274 g/mol. The molecule has 20 heavy (non-hydrogen) atoms. The van der Waals surface area contributed by atoms with Crippen LogP contribution >= 0.6 is 0 Å².